The minimum atomic E-state index is 0.779. The van der Waals surface area contributed by atoms with E-state index in [0.29, 0.717) is 0 Å². The summed E-state index contributed by atoms with van der Waals surface area (Å²) in [4.78, 5) is 6.59. The standard InChI is InChI=1S/C11H11IN2OS/c12-16-8-2-10-1-3-13-11(9-10)14-4-6-15-7-5-14/h1,3,9H,4-7H2. The third-order valence-electron chi connectivity index (χ3n) is 2.31. The van der Waals surface area contributed by atoms with Gasteiger partial charge in [-0.3, -0.25) is 0 Å². The molecular formula is C11H11IN2OS. The van der Waals surface area contributed by atoms with Crippen molar-refractivity contribution in [1.29, 1.82) is 0 Å². The van der Waals surface area contributed by atoms with Crippen LogP contribution in [0.25, 0.3) is 0 Å². The molecule has 2 heterocycles. The van der Waals surface area contributed by atoms with Crippen molar-refractivity contribution in [2.45, 2.75) is 0 Å². The number of morpholine rings is 1. The number of rotatable bonds is 1. The van der Waals surface area contributed by atoms with Gasteiger partial charge in [0.2, 0.25) is 0 Å². The Bertz CT molecular complexity index is 410. The van der Waals surface area contributed by atoms with Crippen LogP contribution in [0.15, 0.2) is 18.3 Å². The molecule has 0 atom stereocenters. The average Bonchev–Trinajstić information content (AvgIpc) is 2.38. The molecule has 0 bridgehead atoms. The van der Waals surface area contributed by atoms with Gasteiger partial charge in [-0.05, 0) is 26.3 Å². The van der Waals surface area contributed by atoms with Gasteiger partial charge in [-0.15, -0.1) is 0 Å². The fourth-order valence-electron chi connectivity index (χ4n) is 1.54. The van der Waals surface area contributed by atoms with Crippen LogP contribution in [-0.4, -0.2) is 31.3 Å². The maximum Gasteiger partial charge on any atom is 0.129 e. The van der Waals surface area contributed by atoms with Crippen LogP contribution >= 0.6 is 30.1 Å². The molecule has 0 N–H and O–H groups in total. The molecule has 0 saturated carbocycles. The fourth-order valence-corrected chi connectivity index (χ4v) is 2.03. The van der Waals surface area contributed by atoms with E-state index in [1.807, 2.05) is 18.3 Å². The maximum atomic E-state index is 5.31. The second-order valence-electron chi connectivity index (χ2n) is 3.31. The second kappa shape index (κ2) is 6.33. The van der Waals surface area contributed by atoms with E-state index in [9.17, 15) is 0 Å². The Morgan fingerprint density at radius 2 is 2.25 bits per heavy atom. The van der Waals surface area contributed by atoms with Crippen molar-refractivity contribution in [2.75, 3.05) is 31.2 Å². The van der Waals surface area contributed by atoms with Crippen molar-refractivity contribution in [1.82, 2.24) is 4.98 Å². The van der Waals surface area contributed by atoms with E-state index in [2.05, 4.69) is 42.3 Å². The van der Waals surface area contributed by atoms with E-state index in [-0.39, 0.29) is 0 Å². The van der Waals surface area contributed by atoms with Crippen molar-refractivity contribution >= 4 is 36.0 Å². The van der Waals surface area contributed by atoms with Gasteiger partial charge in [0.05, 0.1) is 13.2 Å². The van der Waals surface area contributed by atoms with Crippen LogP contribution in [0.2, 0.25) is 0 Å². The molecule has 16 heavy (non-hydrogen) atoms. The van der Waals surface area contributed by atoms with Gasteiger partial charge in [0, 0.05) is 46.1 Å². The Morgan fingerprint density at radius 1 is 1.44 bits per heavy atom. The largest absolute Gasteiger partial charge is 0.378 e. The van der Waals surface area contributed by atoms with Crippen LogP contribution in [0.5, 0.6) is 0 Å². The van der Waals surface area contributed by atoms with Crippen LogP contribution in [0, 0.1) is 11.2 Å². The molecule has 3 nitrogen and oxygen atoms in total. The Labute approximate surface area is 112 Å². The summed E-state index contributed by atoms with van der Waals surface area (Å²) in [6, 6.07) is 3.97. The van der Waals surface area contributed by atoms with E-state index in [4.69, 9.17) is 4.74 Å². The molecule has 84 valence electrons. The Morgan fingerprint density at radius 3 is 3.00 bits per heavy atom. The molecule has 5 heteroatoms. The summed E-state index contributed by atoms with van der Waals surface area (Å²) in [5.74, 6) is 4.08. The smallest absolute Gasteiger partial charge is 0.129 e. The Hall–Kier alpha value is -0.450. The number of ether oxygens (including phenoxy) is 1. The highest BCUT2D eigenvalue weighted by Crippen LogP contribution is 2.14. The molecule has 0 unspecified atom stereocenters. The van der Waals surface area contributed by atoms with Gasteiger partial charge < -0.3 is 9.64 Å². The van der Waals surface area contributed by atoms with Gasteiger partial charge >= 0.3 is 0 Å². The zero-order valence-electron chi connectivity index (χ0n) is 8.65. The highest BCUT2D eigenvalue weighted by molar-refractivity contribution is 14.2. The van der Waals surface area contributed by atoms with E-state index in [1.165, 1.54) is 8.93 Å². The predicted molar refractivity (Wildman–Crippen MR) is 75.8 cm³/mol. The molecule has 0 aromatic carbocycles. The predicted octanol–water partition coefficient (Wildman–Crippen LogP) is 2.31. The molecular weight excluding hydrogens is 335 g/mol. The molecule has 1 aromatic rings. The molecule has 1 fully saturated rings. The molecule has 0 amide bonds. The van der Waals surface area contributed by atoms with Gasteiger partial charge in [0.25, 0.3) is 0 Å². The lowest BCUT2D eigenvalue weighted by Crippen LogP contribution is -2.36. The first-order valence-corrected chi connectivity index (χ1v) is 8.33. The molecule has 0 spiro atoms. The number of hydrogen-bond acceptors (Lipinski definition) is 4. The minimum absolute atomic E-state index is 0.779. The third-order valence-corrected chi connectivity index (χ3v) is 3.15. The van der Waals surface area contributed by atoms with Crippen molar-refractivity contribution in [3.8, 4) is 11.2 Å². The summed E-state index contributed by atoms with van der Waals surface area (Å²) in [6.45, 7) is 3.37. The average molecular weight is 346 g/mol. The first-order valence-electron chi connectivity index (χ1n) is 4.97. The van der Waals surface area contributed by atoms with Crippen molar-refractivity contribution in [3.63, 3.8) is 0 Å². The molecule has 0 radical (unpaired) electrons. The van der Waals surface area contributed by atoms with E-state index in [0.717, 1.165) is 37.7 Å². The quantitative estimate of drug-likeness (QED) is 0.576. The van der Waals surface area contributed by atoms with Gasteiger partial charge in [-0.1, -0.05) is 5.92 Å². The van der Waals surface area contributed by atoms with Crippen LogP contribution in [0.3, 0.4) is 0 Å². The lowest BCUT2D eigenvalue weighted by molar-refractivity contribution is 0.122. The topological polar surface area (TPSA) is 25.4 Å². The van der Waals surface area contributed by atoms with Gasteiger partial charge in [-0.2, -0.15) is 0 Å². The zero-order valence-corrected chi connectivity index (χ0v) is 11.6. The third kappa shape index (κ3) is 3.27. The number of pyridine rings is 1. The fraction of sp³-hybridized carbons (Fsp3) is 0.364. The van der Waals surface area contributed by atoms with E-state index < -0.39 is 0 Å². The summed E-state index contributed by atoms with van der Waals surface area (Å²) in [5, 5.41) is 2.98. The Balaban J connectivity index is 2.14. The summed E-state index contributed by atoms with van der Waals surface area (Å²) in [6.07, 6.45) is 1.81. The minimum Gasteiger partial charge on any atom is -0.378 e. The van der Waals surface area contributed by atoms with Crippen LogP contribution in [0.4, 0.5) is 5.82 Å². The molecule has 1 aromatic heterocycles. The lowest BCUT2D eigenvalue weighted by Gasteiger charge is -2.27. The number of halogens is 1. The first kappa shape index (κ1) is 12.0. The summed E-state index contributed by atoms with van der Waals surface area (Å²) in [7, 11) is 1.49. The van der Waals surface area contributed by atoms with Crippen LogP contribution in [-0.2, 0) is 4.74 Å². The maximum absolute atomic E-state index is 5.31. The Kier molecular flexibility index (Phi) is 4.75. The number of aromatic nitrogens is 1. The van der Waals surface area contributed by atoms with Gasteiger partial charge in [0.1, 0.15) is 5.82 Å². The van der Waals surface area contributed by atoms with E-state index >= 15 is 0 Å². The van der Waals surface area contributed by atoms with Crippen molar-refractivity contribution in [2.24, 2.45) is 0 Å². The summed E-state index contributed by atoms with van der Waals surface area (Å²) >= 11 is 2.17. The molecule has 0 aliphatic carbocycles. The SMILES string of the molecule is ISC#Cc1ccnc(N2CCOCC2)c1. The molecule has 1 aliphatic heterocycles. The number of nitrogens with zero attached hydrogens (tertiary/aromatic N) is 2. The normalized spacial score (nSPS) is 15.4. The highest BCUT2D eigenvalue weighted by atomic mass is 127. The van der Waals surface area contributed by atoms with Crippen LogP contribution < -0.4 is 4.90 Å². The number of hydrogen-bond donors (Lipinski definition) is 0. The molecule has 1 aliphatic rings. The first-order chi connectivity index (χ1) is 7.90. The molecule has 1 saturated heterocycles. The summed E-state index contributed by atoms with van der Waals surface area (Å²) < 4.78 is 5.31. The lowest BCUT2D eigenvalue weighted by atomic mass is 10.2. The van der Waals surface area contributed by atoms with Crippen molar-refractivity contribution < 1.29 is 4.74 Å². The summed E-state index contributed by atoms with van der Waals surface area (Å²) in [5.41, 5.74) is 1.01. The number of anilines is 1. The van der Waals surface area contributed by atoms with E-state index in [1.54, 1.807) is 0 Å². The molecule has 2 rings (SSSR count). The second-order valence-corrected chi connectivity index (χ2v) is 4.99. The monoisotopic (exact) mass is 346 g/mol. The van der Waals surface area contributed by atoms with Crippen LogP contribution in [0.1, 0.15) is 5.56 Å². The van der Waals surface area contributed by atoms with Crippen molar-refractivity contribution in [3.05, 3.63) is 23.9 Å². The zero-order chi connectivity index (χ0) is 11.2. The highest BCUT2D eigenvalue weighted by Gasteiger charge is 2.11. The van der Waals surface area contributed by atoms with Gasteiger partial charge in [-0.25, -0.2) is 4.98 Å². The van der Waals surface area contributed by atoms with Gasteiger partial charge in [0.15, 0.2) is 0 Å².